The lowest BCUT2D eigenvalue weighted by atomic mass is 9.96. The molecule has 2 heterocycles. The fraction of sp³-hybridized carbons (Fsp3) is 0.435. The molecule has 0 spiro atoms. The van der Waals surface area contributed by atoms with E-state index in [0.717, 1.165) is 62.1 Å². The zero-order chi connectivity index (χ0) is 19.3. The van der Waals surface area contributed by atoms with Crippen molar-refractivity contribution in [2.75, 3.05) is 19.8 Å². The average molecular weight is 381 g/mol. The Morgan fingerprint density at radius 2 is 1.75 bits per heavy atom. The van der Waals surface area contributed by atoms with Crippen LogP contribution >= 0.6 is 0 Å². The van der Waals surface area contributed by atoms with Gasteiger partial charge in [0.15, 0.2) is 0 Å². The molecule has 0 atom stereocenters. The van der Waals surface area contributed by atoms with Crippen molar-refractivity contribution in [2.45, 2.75) is 38.6 Å². The first kappa shape index (κ1) is 19.0. The predicted molar refractivity (Wildman–Crippen MR) is 107 cm³/mol. The molecule has 1 fully saturated rings. The standard InChI is InChI=1S/C23H27NO4/c25-23(26)20-4-6-22-19(14-20)3-2-18-13-17(1-5-21(18)28-22)15-24-10-7-16-8-11-27-12-9-16/h1,4-6,13-14,16,24H,2-3,7-12,15H2,(H,25,26). The van der Waals surface area contributed by atoms with Crippen LogP contribution in [0.5, 0.6) is 11.5 Å². The van der Waals surface area contributed by atoms with Crippen molar-refractivity contribution in [1.82, 2.24) is 5.32 Å². The molecule has 2 aromatic carbocycles. The maximum atomic E-state index is 11.2. The van der Waals surface area contributed by atoms with E-state index in [2.05, 4.69) is 17.4 Å². The summed E-state index contributed by atoms with van der Waals surface area (Å²) in [5, 5.41) is 12.8. The van der Waals surface area contributed by atoms with Gasteiger partial charge in [0.25, 0.3) is 0 Å². The van der Waals surface area contributed by atoms with E-state index in [1.54, 1.807) is 18.2 Å². The predicted octanol–water partition coefficient (Wildman–Crippen LogP) is 4.18. The summed E-state index contributed by atoms with van der Waals surface area (Å²) in [6, 6.07) is 11.4. The molecular weight excluding hydrogens is 354 g/mol. The van der Waals surface area contributed by atoms with Gasteiger partial charge in [-0.05, 0) is 85.5 Å². The first-order chi connectivity index (χ1) is 13.7. The Morgan fingerprint density at radius 1 is 1.04 bits per heavy atom. The third-order valence-electron chi connectivity index (χ3n) is 5.72. The van der Waals surface area contributed by atoms with Crippen LogP contribution < -0.4 is 10.1 Å². The molecule has 148 valence electrons. The second kappa shape index (κ2) is 8.76. The molecule has 5 nitrogen and oxygen atoms in total. The molecule has 0 unspecified atom stereocenters. The van der Waals surface area contributed by atoms with Gasteiger partial charge in [-0.1, -0.05) is 12.1 Å². The van der Waals surface area contributed by atoms with E-state index in [1.165, 1.54) is 30.4 Å². The number of aromatic carboxylic acids is 1. The summed E-state index contributed by atoms with van der Waals surface area (Å²) in [6.45, 7) is 3.70. The van der Waals surface area contributed by atoms with Crippen LogP contribution in [0.1, 0.15) is 46.3 Å². The van der Waals surface area contributed by atoms with Crippen molar-refractivity contribution in [3.63, 3.8) is 0 Å². The number of nitrogens with one attached hydrogen (secondary N) is 1. The van der Waals surface area contributed by atoms with Gasteiger partial charge < -0.3 is 19.9 Å². The monoisotopic (exact) mass is 381 g/mol. The number of carbonyl (C=O) groups is 1. The third kappa shape index (κ3) is 4.54. The zero-order valence-electron chi connectivity index (χ0n) is 16.1. The van der Waals surface area contributed by atoms with E-state index in [-0.39, 0.29) is 0 Å². The number of hydrogen-bond acceptors (Lipinski definition) is 4. The lowest BCUT2D eigenvalue weighted by molar-refractivity contribution is 0.0639. The quantitative estimate of drug-likeness (QED) is 0.735. The number of ether oxygens (including phenoxy) is 2. The highest BCUT2D eigenvalue weighted by atomic mass is 16.5. The number of carboxylic acids is 1. The fourth-order valence-corrected chi connectivity index (χ4v) is 4.01. The summed E-state index contributed by atoms with van der Waals surface area (Å²) < 4.78 is 11.5. The molecule has 0 radical (unpaired) electrons. The molecule has 1 saturated heterocycles. The highest BCUT2D eigenvalue weighted by Crippen LogP contribution is 2.34. The van der Waals surface area contributed by atoms with E-state index in [1.807, 2.05) is 6.07 Å². The van der Waals surface area contributed by atoms with Gasteiger partial charge in [0, 0.05) is 19.8 Å². The normalized spacial score (nSPS) is 16.6. The van der Waals surface area contributed by atoms with E-state index < -0.39 is 5.97 Å². The van der Waals surface area contributed by atoms with Gasteiger partial charge in [-0.15, -0.1) is 0 Å². The fourth-order valence-electron chi connectivity index (χ4n) is 4.01. The Bertz CT molecular complexity index is 842. The average Bonchev–Trinajstić information content (AvgIpc) is 2.90. The van der Waals surface area contributed by atoms with Gasteiger partial charge in [-0.3, -0.25) is 0 Å². The minimum Gasteiger partial charge on any atom is -0.478 e. The Morgan fingerprint density at radius 3 is 2.50 bits per heavy atom. The second-order valence-electron chi connectivity index (χ2n) is 7.69. The van der Waals surface area contributed by atoms with Crippen molar-refractivity contribution < 1.29 is 19.4 Å². The van der Waals surface area contributed by atoms with Gasteiger partial charge in [0.1, 0.15) is 11.5 Å². The molecule has 5 heteroatoms. The number of hydrogen-bond donors (Lipinski definition) is 2. The van der Waals surface area contributed by atoms with Crippen LogP contribution in [0.4, 0.5) is 0 Å². The van der Waals surface area contributed by atoms with Crippen LogP contribution in [0.3, 0.4) is 0 Å². The zero-order valence-corrected chi connectivity index (χ0v) is 16.1. The van der Waals surface area contributed by atoms with Gasteiger partial charge in [-0.2, -0.15) is 0 Å². The van der Waals surface area contributed by atoms with Crippen LogP contribution in [0.15, 0.2) is 36.4 Å². The Kier molecular flexibility index (Phi) is 5.93. The third-order valence-corrected chi connectivity index (χ3v) is 5.72. The van der Waals surface area contributed by atoms with Crippen molar-refractivity contribution in [1.29, 1.82) is 0 Å². The molecule has 2 aliphatic rings. The van der Waals surface area contributed by atoms with Gasteiger partial charge >= 0.3 is 5.97 Å². The summed E-state index contributed by atoms with van der Waals surface area (Å²) in [7, 11) is 0. The van der Waals surface area contributed by atoms with Crippen LogP contribution in [0.25, 0.3) is 0 Å². The number of rotatable bonds is 6. The van der Waals surface area contributed by atoms with Crippen molar-refractivity contribution in [2.24, 2.45) is 5.92 Å². The topological polar surface area (TPSA) is 67.8 Å². The lowest BCUT2D eigenvalue weighted by Gasteiger charge is -2.22. The number of carboxylic acid groups (broad SMARTS) is 1. The maximum absolute atomic E-state index is 11.2. The minimum atomic E-state index is -0.904. The van der Waals surface area contributed by atoms with Crippen LogP contribution in [0, 0.1) is 5.92 Å². The van der Waals surface area contributed by atoms with Crippen LogP contribution in [-0.4, -0.2) is 30.8 Å². The van der Waals surface area contributed by atoms with Gasteiger partial charge in [-0.25, -0.2) is 4.79 Å². The summed E-state index contributed by atoms with van der Waals surface area (Å²) in [5.41, 5.74) is 3.69. The van der Waals surface area contributed by atoms with E-state index in [9.17, 15) is 9.90 Å². The van der Waals surface area contributed by atoms with E-state index in [4.69, 9.17) is 9.47 Å². The minimum absolute atomic E-state index is 0.308. The number of benzene rings is 2. The summed E-state index contributed by atoms with van der Waals surface area (Å²) >= 11 is 0. The van der Waals surface area contributed by atoms with Gasteiger partial charge in [0.2, 0.25) is 0 Å². The smallest absolute Gasteiger partial charge is 0.335 e. The molecule has 2 aliphatic heterocycles. The lowest BCUT2D eigenvalue weighted by Crippen LogP contribution is -2.22. The van der Waals surface area contributed by atoms with Crippen LogP contribution in [0.2, 0.25) is 0 Å². The first-order valence-corrected chi connectivity index (χ1v) is 10.1. The molecule has 28 heavy (non-hydrogen) atoms. The Hall–Kier alpha value is -2.37. The maximum Gasteiger partial charge on any atom is 0.335 e. The van der Waals surface area contributed by atoms with Gasteiger partial charge in [0.05, 0.1) is 5.56 Å². The molecule has 2 aromatic rings. The highest BCUT2D eigenvalue weighted by Gasteiger charge is 2.17. The van der Waals surface area contributed by atoms with E-state index >= 15 is 0 Å². The molecule has 0 saturated carbocycles. The Balaban J connectivity index is 1.35. The van der Waals surface area contributed by atoms with Crippen LogP contribution in [-0.2, 0) is 24.1 Å². The molecular formula is C23H27NO4. The molecule has 0 aliphatic carbocycles. The van der Waals surface area contributed by atoms with Crippen molar-refractivity contribution in [3.8, 4) is 11.5 Å². The molecule has 0 aromatic heterocycles. The van der Waals surface area contributed by atoms with Crippen molar-refractivity contribution >= 4 is 5.97 Å². The number of aryl methyl sites for hydroxylation is 2. The first-order valence-electron chi connectivity index (χ1n) is 10.1. The highest BCUT2D eigenvalue weighted by molar-refractivity contribution is 5.88. The second-order valence-corrected chi connectivity index (χ2v) is 7.69. The summed E-state index contributed by atoms with van der Waals surface area (Å²) in [6.07, 6.45) is 5.20. The number of fused-ring (bicyclic) bond motifs is 2. The van der Waals surface area contributed by atoms with E-state index in [0.29, 0.717) is 5.56 Å². The summed E-state index contributed by atoms with van der Waals surface area (Å²) in [4.78, 5) is 11.2. The largest absolute Gasteiger partial charge is 0.478 e. The molecule has 0 amide bonds. The summed E-state index contributed by atoms with van der Waals surface area (Å²) in [5.74, 6) is 1.51. The molecule has 2 N–H and O–H groups in total. The SMILES string of the molecule is O=C(O)c1ccc2c(c1)CCc1cc(CNCCC3CCOCC3)ccc1O2. The molecule has 0 bridgehead atoms. The van der Waals surface area contributed by atoms with Crippen molar-refractivity contribution in [3.05, 3.63) is 58.7 Å². The Labute approximate surface area is 165 Å². The molecule has 4 rings (SSSR count).